The van der Waals surface area contributed by atoms with Gasteiger partial charge in [-0.25, -0.2) is 0 Å². The van der Waals surface area contributed by atoms with Gasteiger partial charge < -0.3 is 10.2 Å². The first-order valence-corrected chi connectivity index (χ1v) is 5.40. The Kier molecular flexibility index (Phi) is 5.38. The molecule has 0 aliphatic carbocycles. The predicted molar refractivity (Wildman–Crippen MR) is 64.7 cm³/mol. The van der Waals surface area contributed by atoms with Gasteiger partial charge in [0.05, 0.1) is 0 Å². The van der Waals surface area contributed by atoms with Crippen molar-refractivity contribution in [2.24, 2.45) is 0 Å². The van der Waals surface area contributed by atoms with Crippen LogP contribution in [0.15, 0.2) is 12.2 Å². The molecule has 0 aliphatic rings. The molecule has 0 fully saturated rings. The molecule has 1 unspecified atom stereocenters. The maximum Gasteiger partial charge on any atom is 0.0455 e. The second-order valence-corrected chi connectivity index (χ2v) is 4.78. The quantitative estimate of drug-likeness (QED) is 0.659. The molecule has 0 aromatic carbocycles. The van der Waals surface area contributed by atoms with Gasteiger partial charge in [0, 0.05) is 11.6 Å². The Morgan fingerprint density at radius 3 is 2.21 bits per heavy atom. The monoisotopic (exact) mass is 198 g/mol. The van der Waals surface area contributed by atoms with Crippen LogP contribution in [0.4, 0.5) is 0 Å². The van der Waals surface area contributed by atoms with E-state index in [1.807, 2.05) is 0 Å². The molecule has 1 atom stereocenters. The first-order valence-electron chi connectivity index (χ1n) is 5.40. The third-order valence-corrected chi connectivity index (χ3v) is 2.95. The van der Waals surface area contributed by atoms with Crippen molar-refractivity contribution in [1.82, 2.24) is 10.2 Å². The number of hydrogen-bond acceptors (Lipinski definition) is 2. The number of rotatable bonds is 6. The van der Waals surface area contributed by atoms with Crippen molar-refractivity contribution in [1.29, 1.82) is 0 Å². The molecule has 1 N–H and O–H groups in total. The number of nitrogens with zero attached hydrogens (tertiary/aromatic N) is 1. The van der Waals surface area contributed by atoms with E-state index in [2.05, 4.69) is 58.6 Å². The van der Waals surface area contributed by atoms with E-state index in [1.165, 1.54) is 5.57 Å². The standard InChI is InChI=1S/C12H26N2/c1-8-9-13-11(10(2)3)12(4,5)14(6)7/h11,13H,2,8-9H2,1,3-7H3. The second-order valence-electron chi connectivity index (χ2n) is 4.78. The lowest BCUT2D eigenvalue weighted by Gasteiger charge is -2.41. The molecule has 0 spiro atoms. The molecule has 84 valence electrons. The largest absolute Gasteiger partial charge is 0.309 e. The van der Waals surface area contributed by atoms with Crippen LogP contribution in [0.1, 0.15) is 34.1 Å². The van der Waals surface area contributed by atoms with Gasteiger partial charge in [0.15, 0.2) is 0 Å². The van der Waals surface area contributed by atoms with Crippen LogP contribution in [0.25, 0.3) is 0 Å². The lowest BCUT2D eigenvalue weighted by molar-refractivity contribution is 0.154. The van der Waals surface area contributed by atoms with E-state index in [9.17, 15) is 0 Å². The van der Waals surface area contributed by atoms with Gasteiger partial charge in [0.25, 0.3) is 0 Å². The van der Waals surface area contributed by atoms with Crippen molar-refractivity contribution in [3.05, 3.63) is 12.2 Å². The summed E-state index contributed by atoms with van der Waals surface area (Å²) in [6, 6.07) is 0.359. The molecule has 0 saturated heterocycles. The van der Waals surface area contributed by atoms with Crippen LogP contribution < -0.4 is 5.32 Å². The Bertz CT molecular complexity index is 183. The van der Waals surface area contributed by atoms with E-state index in [1.54, 1.807) is 0 Å². The summed E-state index contributed by atoms with van der Waals surface area (Å²) in [5, 5.41) is 3.55. The third-order valence-electron chi connectivity index (χ3n) is 2.95. The van der Waals surface area contributed by atoms with Crippen LogP contribution in [0.2, 0.25) is 0 Å². The molecule has 0 bridgehead atoms. The zero-order chi connectivity index (χ0) is 11.4. The molecule has 0 heterocycles. The molecule has 2 nitrogen and oxygen atoms in total. The van der Waals surface area contributed by atoms with Gasteiger partial charge in [0.1, 0.15) is 0 Å². The molecular formula is C12H26N2. The molecular weight excluding hydrogens is 172 g/mol. The Morgan fingerprint density at radius 2 is 1.93 bits per heavy atom. The van der Waals surface area contributed by atoms with Crippen LogP contribution in [0.3, 0.4) is 0 Å². The van der Waals surface area contributed by atoms with Crippen molar-refractivity contribution in [2.75, 3.05) is 20.6 Å². The summed E-state index contributed by atoms with van der Waals surface area (Å²) in [4.78, 5) is 2.25. The smallest absolute Gasteiger partial charge is 0.0455 e. The number of hydrogen-bond donors (Lipinski definition) is 1. The van der Waals surface area contributed by atoms with Crippen LogP contribution in [-0.4, -0.2) is 37.1 Å². The van der Waals surface area contributed by atoms with E-state index < -0.39 is 0 Å². The fourth-order valence-corrected chi connectivity index (χ4v) is 1.57. The van der Waals surface area contributed by atoms with E-state index in [4.69, 9.17) is 0 Å². The first-order chi connectivity index (χ1) is 6.34. The van der Waals surface area contributed by atoms with Crippen molar-refractivity contribution in [2.45, 2.75) is 45.7 Å². The fourth-order valence-electron chi connectivity index (χ4n) is 1.57. The lowest BCUT2D eigenvalue weighted by Crippen LogP contribution is -2.55. The van der Waals surface area contributed by atoms with Gasteiger partial charge in [-0.15, -0.1) is 0 Å². The minimum atomic E-state index is 0.112. The van der Waals surface area contributed by atoms with Crippen LogP contribution in [-0.2, 0) is 0 Å². The summed E-state index contributed by atoms with van der Waals surface area (Å²) in [7, 11) is 4.23. The lowest BCUT2D eigenvalue weighted by atomic mass is 9.88. The molecule has 0 aromatic rings. The summed E-state index contributed by atoms with van der Waals surface area (Å²) in [5.74, 6) is 0. The molecule has 14 heavy (non-hydrogen) atoms. The van der Waals surface area contributed by atoms with Crippen molar-refractivity contribution < 1.29 is 0 Å². The molecule has 0 amide bonds. The maximum atomic E-state index is 4.07. The average Bonchev–Trinajstić information content (AvgIpc) is 2.03. The van der Waals surface area contributed by atoms with Crippen molar-refractivity contribution in [3.63, 3.8) is 0 Å². The Balaban J connectivity index is 4.55. The Morgan fingerprint density at radius 1 is 1.43 bits per heavy atom. The highest BCUT2D eigenvalue weighted by Crippen LogP contribution is 2.20. The van der Waals surface area contributed by atoms with Gasteiger partial charge in [-0.2, -0.15) is 0 Å². The summed E-state index contributed by atoms with van der Waals surface area (Å²) >= 11 is 0. The SMILES string of the molecule is C=C(C)C(NCCC)C(C)(C)N(C)C. The predicted octanol–water partition coefficient (Wildman–Crippen LogP) is 2.27. The summed E-state index contributed by atoms with van der Waals surface area (Å²) in [5.41, 5.74) is 1.32. The molecule has 0 saturated carbocycles. The summed E-state index contributed by atoms with van der Waals surface area (Å²) in [6.45, 7) is 13.9. The Labute approximate surface area is 89.4 Å². The van der Waals surface area contributed by atoms with E-state index in [0.29, 0.717) is 6.04 Å². The highest BCUT2D eigenvalue weighted by Gasteiger charge is 2.31. The fraction of sp³-hybridized carbons (Fsp3) is 0.833. The second kappa shape index (κ2) is 5.52. The topological polar surface area (TPSA) is 15.3 Å². The normalized spacial score (nSPS) is 14.5. The minimum absolute atomic E-state index is 0.112. The molecule has 2 heteroatoms. The summed E-state index contributed by atoms with van der Waals surface area (Å²) in [6.07, 6.45) is 1.16. The van der Waals surface area contributed by atoms with Gasteiger partial charge >= 0.3 is 0 Å². The van der Waals surface area contributed by atoms with Gasteiger partial charge in [-0.1, -0.05) is 19.1 Å². The van der Waals surface area contributed by atoms with E-state index >= 15 is 0 Å². The van der Waals surface area contributed by atoms with Crippen LogP contribution >= 0.6 is 0 Å². The van der Waals surface area contributed by atoms with Gasteiger partial charge in [-0.3, -0.25) is 0 Å². The first kappa shape index (κ1) is 13.7. The molecule has 0 aromatic heterocycles. The van der Waals surface area contributed by atoms with E-state index in [0.717, 1.165) is 13.0 Å². The van der Waals surface area contributed by atoms with E-state index in [-0.39, 0.29) is 5.54 Å². The maximum absolute atomic E-state index is 4.07. The average molecular weight is 198 g/mol. The molecule has 0 aliphatic heterocycles. The molecule has 0 radical (unpaired) electrons. The zero-order valence-electron chi connectivity index (χ0n) is 10.6. The highest BCUT2D eigenvalue weighted by molar-refractivity contribution is 5.11. The van der Waals surface area contributed by atoms with Gasteiger partial charge in [-0.05, 0) is 47.8 Å². The Hall–Kier alpha value is -0.340. The minimum Gasteiger partial charge on any atom is -0.309 e. The summed E-state index contributed by atoms with van der Waals surface area (Å²) < 4.78 is 0. The van der Waals surface area contributed by atoms with Gasteiger partial charge in [0.2, 0.25) is 0 Å². The van der Waals surface area contributed by atoms with Crippen LogP contribution in [0, 0.1) is 0 Å². The number of nitrogens with one attached hydrogen (secondary N) is 1. The number of likely N-dealkylation sites (N-methyl/N-ethyl adjacent to an activating group) is 1. The molecule has 0 rings (SSSR count). The van der Waals surface area contributed by atoms with Crippen molar-refractivity contribution in [3.8, 4) is 0 Å². The zero-order valence-corrected chi connectivity index (χ0v) is 10.6. The highest BCUT2D eigenvalue weighted by atomic mass is 15.2. The third kappa shape index (κ3) is 3.43. The van der Waals surface area contributed by atoms with Crippen LogP contribution in [0.5, 0.6) is 0 Å². The van der Waals surface area contributed by atoms with Crippen molar-refractivity contribution >= 4 is 0 Å².